The van der Waals surface area contributed by atoms with Gasteiger partial charge in [0.15, 0.2) is 0 Å². The van der Waals surface area contributed by atoms with Crippen LogP contribution in [0.5, 0.6) is 5.75 Å². The van der Waals surface area contributed by atoms with E-state index >= 15 is 0 Å². The van der Waals surface area contributed by atoms with Crippen molar-refractivity contribution in [2.24, 2.45) is 0 Å². The highest BCUT2D eigenvalue weighted by molar-refractivity contribution is 7.92. The van der Waals surface area contributed by atoms with Gasteiger partial charge in [-0.25, -0.2) is 8.42 Å². The summed E-state index contributed by atoms with van der Waals surface area (Å²) in [6.45, 7) is 2.05. The number of amides is 1. The number of sulfonamides is 1. The quantitative estimate of drug-likeness (QED) is 0.694. The van der Waals surface area contributed by atoms with E-state index in [0.717, 1.165) is 16.2 Å². The molecule has 1 saturated heterocycles. The van der Waals surface area contributed by atoms with Crippen LogP contribution in [0.15, 0.2) is 48.5 Å². The fourth-order valence-electron chi connectivity index (χ4n) is 3.33. The van der Waals surface area contributed by atoms with Crippen molar-refractivity contribution in [3.05, 3.63) is 53.6 Å². The first-order chi connectivity index (χ1) is 13.8. The number of nitrogens with zero attached hydrogens (tertiary/aromatic N) is 3. The molecule has 0 saturated carbocycles. The molecule has 7 nitrogen and oxygen atoms in total. The number of anilines is 2. The number of benzene rings is 2. The molecule has 0 N–H and O–H groups in total. The van der Waals surface area contributed by atoms with E-state index in [9.17, 15) is 13.2 Å². The summed E-state index contributed by atoms with van der Waals surface area (Å²) in [6, 6.07) is 14.4. The largest absolute Gasteiger partial charge is 0.495 e. The number of methoxy groups -OCH3 is 1. The average molecular weight is 438 g/mol. The first-order valence-electron chi connectivity index (χ1n) is 9.18. The molecule has 0 radical (unpaired) electrons. The molecule has 0 atom stereocenters. The standard InChI is InChI=1S/C20H24ClN3O4S/c1-28-19-9-4-3-8-18(19)24(29(2,26)27)15-20(25)23-12-10-22(11-13-23)17-7-5-6-16(21)14-17/h3-9,14H,10-13,15H2,1-2H3. The molecular weight excluding hydrogens is 414 g/mol. The molecule has 0 bridgehead atoms. The topological polar surface area (TPSA) is 70.2 Å². The number of hydrogen-bond acceptors (Lipinski definition) is 5. The third-order valence-corrected chi connectivity index (χ3v) is 6.20. The van der Waals surface area contributed by atoms with Crippen molar-refractivity contribution in [1.29, 1.82) is 0 Å². The zero-order valence-corrected chi connectivity index (χ0v) is 18.0. The molecule has 1 heterocycles. The molecule has 1 fully saturated rings. The Bertz CT molecular complexity index is 975. The molecule has 0 aromatic heterocycles. The minimum atomic E-state index is -3.66. The maximum Gasteiger partial charge on any atom is 0.243 e. The zero-order valence-electron chi connectivity index (χ0n) is 16.4. The van der Waals surface area contributed by atoms with Crippen molar-refractivity contribution in [3.63, 3.8) is 0 Å². The fraction of sp³-hybridized carbons (Fsp3) is 0.350. The van der Waals surface area contributed by atoms with Crippen molar-refractivity contribution in [3.8, 4) is 5.75 Å². The van der Waals surface area contributed by atoms with Crippen LogP contribution in [0.3, 0.4) is 0 Å². The Balaban J connectivity index is 1.70. The number of carbonyl (C=O) groups is 1. The van der Waals surface area contributed by atoms with Gasteiger partial charge in [-0.3, -0.25) is 9.10 Å². The Labute approximate surface area is 176 Å². The first kappa shape index (κ1) is 21.3. The summed E-state index contributed by atoms with van der Waals surface area (Å²) >= 11 is 6.06. The lowest BCUT2D eigenvalue weighted by Gasteiger charge is -2.37. The van der Waals surface area contributed by atoms with Gasteiger partial charge in [-0.15, -0.1) is 0 Å². The van der Waals surface area contributed by atoms with Crippen molar-refractivity contribution in [2.75, 3.05) is 55.3 Å². The summed E-state index contributed by atoms with van der Waals surface area (Å²) in [6.07, 6.45) is 1.09. The van der Waals surface area contributed by atoms with E-state index in [-0.39, 0.29) is 12.5 Å². The van der Waals surface area contributed by atoms with Gasteiger partial charge in [0, 0.05) is 36.9 Å². The average Bonchev–Trinajstić information content (AvgIpc) is 2.71. The highest BCUT2D eigenvalue weighted by Crippen LogP contribution is 2.29. The number of para-hydroxylation sites is 2. The lowest BCUT2D eigenvalue weighted by atomic mass is 10.2. The molecule has 29 heavy (non-hydrogen) atoms. The second-order valence-corrected chi connectivity index (χ2v) is 9.13. The molecule has 1 amide bonds. The van der Waals surface area contributed by atoms with Gasteiger partial charge in [0.25, 0.3) is 0 Å². The van der Waals surface area contributed by atoms with Crippen LogP contribution in [-0.4, -0.2) is 65.3 Å². The number of rotatable bonds is 6. The van der Waals surface area contributed by atoms with Crippen LogP contribution >= 0.6 is 11.6 Å². The van der Waals surface area contributed by atoms with Gasteiger partial charge >= 0.3 is 0 Å². The van der Waals surface area contributed by atoms with E-state index in [1.807, 2.05) is 24.3 Å². The molecule has 1 aliphatic heterocycles. The Hall–Kier alpha value is -2.45. The fourth-order valence-corrected chi connectivity index (χ4v) is 4.36. The zero-order chi connectivity index (χ0) is 21.0. The lowest BCUT2D eigenvalue weighted by Crippen LogP contribution is -2.52. The van der Waals surface area contributed by atoms with Crippen molar-refractivity contribution >= 4 is 38.9 Å². The molecule has 3 rings (SSSR count). The third-order valence-electron chi connectivity index (χ3n) is 4.84. The van der Waals surface area contributed by atoms with Crippen LogP contribution in [0.1, 0.15) is 0 Å². The summed E-state index contributed by atoms with van der Waals surface area (Å²) in [7, 11) is -2.19. The summed E-state index contributed by atoms with van der Waals surface area (Å²) in [5, 5.41) is 0.668. The molecule has 156 valence electrons. The van der Waals surface area contributed by atoms with E-state index in [2.05, 4.69) is 4.90 Å². The highest BCUT2D eigenvalue weighted by atomic mass is 35.5. The smallest absolute Gasteiger partial charge is 0.243 e. The van der Waals surface area contributed by atoms with Crippen molar-refractivity contribution in [2.45, 2.75) is 0 Å². The Kier molecular flexibility index (Phi) is 6.54. The van der Waals surface area contributed by atoms with Gasteiger partial charge in [-0.05, 0) is 30.3 Å². The monoisotopic (exact) mass is 437 g/mol. The van der Waals surface area contributed by atoms with Crippen LogP contribution < -0.4 is 13.9 Å². The number of piperazine rings is 1. The van der Waals surface area contributed by atoms with Gasteiger partial charge in [-0.2, -0.15) is 0 Å². The molecule has 0 unspecified atom stereocenters. The number of hydrogen-bond donors (Lipinski definition) is 0. The van der Waals surface area contributed by atoms with E-state index in [4.69, 9.17) is 16.3 Å². The van der Waals surface area contributed by atoms with Crippen molar-refractivity contribution in [1.82, 2.24) is 4.90 Å². The van der Waals surface area contributed by atoms with Crippen molar-refractivity contribution < 1.29 is 17.9 Å². The number of halogens is 1. The summed E-state index contributed by atoms with van der Waals surface area (Å²) in [5.41, 5.74) is 1.36. The molecule has 1 aliphatic rings. The third kappa shape index (κ3) is 5.13. The predicted octanol–water partition coefficient (Wildman–Crippen LogP) is 2.46. The second kappa shape index (κ2) is 8.92. The van der Waals surface area contributed by atoms with Gasteiger partial charge < -0.3 is 14.5 Å². The Morgan fingerprint density at radius 2 is 1.79 bits per heavy atom. The van der Waals surface area contributed by atoms with Crippen LogP contribution in [0.25, 0.3) is 0 Å². The van der Waals surface area contributed by atoms with Gasteiger partial charge in [-0.1, -0.05) is 29.8 Å². The van der Waals surface area contributed by atoms with Crippen LogP contribution in [-0.2, 0) is 14.8 Å². The predicted molar refractivity (Wildman–Crippen MR) is 115 cm³/mol. The maximum atomic E-state index is 12.9. The molecule has 0 aliphatic carbocycles. The number of ether oxygens (including phenoxy) is 1. The maximum absolute atomic E-state index is 12.9. The molecule has 2 aromatic carbocycles. The van der Waals surface area contributed by atoms with E-state index in [1.54, 1.807) is 29.2 Å². The van der Waals surface area contributed by atoms with Crippen LogP contribution in [0, 0.1) is 0 Å². The normalized spacial score (nSPS) is 14.6. The lowest BCUT2D eigenvalue weighted by molar-refractivity contribution is -0.129. The number of carbonyl (C=O) groups excluding carboxylic acids is 1. The van der Waals surface area contributed by atoms with E-state index < -0.39 is 10.0 Å². The minimum absolute atomic E-state index is 0.243. The summed E-state index contributed by atoms with van der Waals surface area (Å²) in [4.78, 5) is 16.7. The minimum Gasteiger partial charge on any atom is -0.495 e. The van der Waals surface area contributed by atoms with E-state index in [0.29, 0.717) is 42.6 Å². The van der Waals surface area contributed by atoms with Crippen LogP contribution in [0.2, 0.25) is 5.02 Å². The van der Waals surface area contributed by atoms with E-state index in [1.165, 1.54) is 7.11 Å². The Morgan fingerprint density at radius 1 is 1.10 bits per heavy atom. The van der Waals surface area contributed by atoms with Gasteiger partial charge in [0.05, 0.1) is 19.1 Å². The van der Waals surface area contributed by atoms with Gasteiger partial charge in [0.2, 0.25) is 15.9 Å². The SMILES string of the molecule is COc1ccccc1N(CC(=O)N1CCN(c2cccc(Cl)c2)CC1)S(C)(=O)=O. The summed E-state index contributed by atoms with van der Waals surface area (Å²) < 4.78 is 31.1. The summed E-state index contributed by atoms with van der Waals surface area (Å²) in [5.74, 6) is 0.156. The second-order valence-electron chi connectivity index (χ2n) is 6.79. The molecule has 2 aromatic rings. The highest BCUT2D eigenvalue weighted by Gasteiger charge is 2.28. The molecular formula is C20H24ClN3O4S. The molecule has 9 heteroatoms. The first-order valence-corrected chi connectivity index (χ1v) is 11.4. The Morgan fingerprint density at radius 3 is 2.41 bits per heavy atom. The molecule has 0 spiro atoms. The van der Waals surface area contributed by atoms with Gasteiger partial charge in [0.1, 0.15) is 12.3 Å². The van der Waals surface area contributed by atoms with Crippen LogP contribution in [0.4, 0.5) is 11.4 Å².